The van der Waals surface area contributed by atoms with Gasteiger partial charge >= 0.3 is 0 Å². The summed E-state index contributed by atoms with van der Waals surface area (Å²) in [5.41, 5.74) is 0. The van der Waals surface area contributed by atoms with Crippen LogP contribution in [0, 0.1) is 6.92 Å². The minimum Gasteiger partial charge on any atom is -0.355 e. The van der Waals surface area contributed by atoms with Crippen LogP contribution in [0.15, 0.2) is 11.2 Å². The van der Waals surface area contributed by atoms with Crippen LogP contribution < -0.4 is 10.6 Å². The van der Waals surface area contributed by atoms with Gasteiger partial charge in [-0.05, 0) is 32.9 Å². The molecular weight excluding hydrogens is 270 g/mol. The summed E-state index contributed by atoms with van der Waals surface area (Å²) in [6, 6.07) is 0. The number of nitrogens with one attached hydrogen (secondary N) is 2. The van der Waals surface area contributed by atoms with Gasteiger partial charge in [-0.25, -0.2) is 4.98 Å². The van der Waals surface area contributed by atoms with Gasteiger partial charge in [0.15, 0.2) is 5.96 Å². The quantitative estimate of drug-likeness (QED) is 0.640. The van der Waals surface area contributed by atoms with Gasteiger partial charge in [-0.1, -0.05) is 6.42 Å². The molecule has 0 spiro atoms. The first-order chi connectivity index (χ1) is 9.78. The van der Waals surface area contributed by atoms with E-state index in [9.17, 15) is 0 Å². The van der Waals surface area contributed by atoms with E-state index in [4.69, 9.17) is 0 Å². The molecular formula is C14H25N5S. The molecule has 2 N–H and O–H groups in total. The number of hydrogen-bond donors (Lipinski definition) is 2. The molecule has 1 aromatic heterocycles. The number of aliphatic imine (C=N–C) groups is 1. The van der Waals surface area contributed by atoms with Gasteiger partial charge in [0, 0.05) is 31.2 Å². The van der Waals surface area contributed by atoms with Crippen molar-refractivity contribution in [2.45, 2.75) is 32.7 Å². The summed E-state index contributed by atoms with van der Waals surface area (Å²) >= 11 is 1.72. The van der Waals surface area contributed by atoms with Gasteiger partial charge in [0.25, 0.3) is 0 Å². The van der Waals surface area contributed by atoms with Crippen LogP contribution in [0.4, 0.5) is 0 Å². The molecule has 2 heterocycles. The summed E-state index contributed by atoms with van der Waals surface area (Å²) in [6.07, 6.45) is 5.99. The molecule has 0 atom stereocenters. The monoisotopic (exact) mass is 295 g/mol. The highest BCUT2D eigenvalue weighted by molar-refractivity contribution is 7.11. The van der Waals surface area contributed by atoms with E-state index in [0.717, 1.165) is 30.6 Å². The third kappa shape index (κ3) is 5.09. The molecule has 6 heteroatoms. The Hall–Kier alpha value is -1.14. The molecule has 0 radical (unpaired) electrons. The van der Waals surface area contributed by atoms with E-state index < -0.39 is 0 Å². The largest absolute Gasteiger partial charge is 0.355 e. The standard InChI is InChI=1S/C14H25N5S/c1-12-10-17-13(20-12)11-18-14(15-2)16-6-9-19-7-4-3-5-8-19/h10H,3-9,11H2,1-2H3,(H2,15,16,18). The second kappa shape index (κ2) is 8.21. The van der Waals surface area contributed by atoms with Crippen molar-refractivity contribution in [1.82, 2.24) is 20.5 Å². The van der Waals surface area contributed by atoms with Crippen LogP contribution in [-0.4, -0.2) is 49.1 Å². The van der Waals surface area contributed by atoms with Crippen LogP contribution in [0.25, 0.3) is 0 Å². The maximum atomic E-state index is 4.34. The highest BCUT2D eigenvalue weighted by Gasteiger charge is 2.09. The van der Waals surface area contributed by atoms with Crippen molar-refractivity contribution < 1.29 is 0 Å². The van der Waals surface area contributed by atoms with Gasteiger partial charge in [0.2, 0.25) is 0 Å². The molecule has 1 aromatic rings. The summed E-state index contributed by atoms with van der Waals surface area (Å²) in [5, 5.41) is 7.77. The van der Waals surface area contributed by atoms with E-state index >= 15 is 0 Å². The smallest absolute Gasteiger partial charge is 0.191 e. The molecule has 0 unspecified atom stereocenters. The zero-order valence-electron chi connectivity index (χ0n) is 12.5. The Labute approximate surface area is 125 Å². The average Bonchev–Trinajstić information content (AvgIpc) is 2.89. The Morgan fingerprint density at radius 1 is 1.35 bits per heavy atom. The zero-order valence-corrected chi connectivity index (χ0v) is 13.3. The molecule has 0 bridgehead atoms. The predicted octanol–water partition coefficient (Wildman–Crippen LogP) is 1.60. The number of aromatic nitrogens is 1. The average molecular weight is 295 g/mol. The van der Waals surface area contributed by atoms with Gasteiger partial charge in [0.05, 0.1) is 6.54 Å². The number of hydrogen-bond acceptors (Lipinski definition) is 4. The lowest BCUT2D eigenvalue weighted by Gasteiger charge is -2.26. The van der Waals surface area contributed by atoms with Crippen molar-refractivity contribution >= 4 is 17.3 Å². The van der Waals surface area contributed by atoms with Crippen LogP contribution >= 0.6 is 11.3 Å². The molecule has 2 rings (SSSR count). The van der Waals surface area contributed by atoms with Gasteiger partial charge in [-0.2, -0.15) is 0 Å². The lowest BCUT2D eigenvalue weighted by Crippen LogP contribution is -2.42. The summed E-state index contributed by atoms with van der Waals surface area (Å²) in [5.74, 6) is 0.856. The molecule has 0 amide bonds. The number of thiazole rings is 1. The Morgan fingerprint density at radius 3 is 2.80 bits per heavy atom. The highest BCUT2D eigenvalue weighted by atomic mass is 32.1. The van der Waals surface area contributed by atoms with Gasteiger partial charge < -0.3 is 15.5 Å². The van der Waals surface area contributed by atoms with Crippen molar-refractivity contribution in [3.05, 3.63) is 16.1 Å². The van der Waals surface area contributed by atoms with Crippen LogP contribution in [0.5, 0.6) is 0 Å². The third-order valence-corrected chi connectivity index (χ3v) is 4.38. The number of piperidine rings is 1. The lowest BCUT2D eigenvalue weighted by molar-refractivity contribution is 0.232. The SMILES string of the molecule is CN=C(NCCN1CCCCC1)NCc1ncc(C)s1. The second-order valence-electron chi connectivity index (χ2n) is 5.12. The minimum absolute atomic E-state index is 0.738. The van der Waals surface area contributed by atoms with Crippen LogP contribution in [0.3, 0.4) is 0 Å². The molecule has 0 saturated carbocycles. The highest BCUT2D eigenvalue weighted by Crippen LogP contribution is 2.10. The van der Waals surface area contributed by atoms with E-state index in [2.05, 4.69) is 32.4 Å². The summed E-state index contributed by atoms with van der Waals surface area (Å²) in [4.78, 5) is 12.4. The summed E-state index contributed by atoms with van der Waals surface area (Å²) in [6.45, 7) is 7.33. The molecule has 1 aliphatic rings. The van der Waals surface area contributed by atoms with E-state index in [1.165, 1.54) is 37.2 Å². The van der Waals surface area contributed by atoms with Crippen LogP contribution in [0.2, 0.25) is 0 Å². The van der Waals surface area contributed by atoms with Crippen molar-refractivity contribution in [3.63, 3.8) is 0 Å². The lowest BCUT2D eigenvalue weighted by atomic mass is 10.1. The normalized spacial score (nSPS) is 17.2. The summed E-state index contributed by atoms with van der Waals surface area (Å²) in [7, 11) is 1.81. The van der Waals surface area contributed by atoms with Crippen LogP contribution in [0.1, 0.15) is 29.1 Å². The van der Waals surface area contributed by atoms with Gasteiger partial charge in [-0.3, -0.25) is 4.99 Å². The van der Waals surface area contributed by atoms with Gasteiger partial charge in [0.1, 0.15) is 5.01 Å². The molecule has 1 fully saturated rings. The molecule has 0 aromatic carbocycles. The topological polar surface area (TPSA) is 52.6 Å². The maximum absolute atomic E-state index is 4.34. The van der Waals surface area contributed by atoms with Crippen molar-refractivity contribution in [2.24, 2.45) is 4.99 Å². The van der Waals surface area contributed by atoms with Crippen molar-refractivity contribution in [1.29, 1.82) is 0 Å². The number of nitrogens with zero attached hydrogens (tertiary/aromatic N) is 3. The third-order valence-electron chi connectivity index (χ3n) is 3.47. The van der Waals surface area contributed by atoms with Crippen molar-refractivity contribution in [2.75, 3.05) is 33.2 Å². The van der Waals surface area contributed by atoms with Gasteiger partial charge in [-0.15, -0.1) is 11.3 Å². The van der Waals surface area contributed by atoms with Crippen molar-refractivity contribution in [3.8, 4) is 0 Å². The van der Waals surface area contributed by atoms with E-state index in [0.29, 0.717) is 0 Å². The molecule has 1 aliphatic heterocycles. The molecule has 0 aliphatic carbocycles. The number of likely N-dealkylation sites (tertiary alicyclic amines) is 1. The maximum Gasteiger partial charge on any atom is 0.191 e. The Morgan fingerprint density at radius 2 is 2.15 bits per heavy atom. The molecule has 20 heavy (non-hydrogen) atoms. The molecule has 5 nitrogen and oxygen atoms in total. The first kappa shape index (κ1) is 15.3. The molecule has 112 valence electrons. The number of rotatable bonds is 5. The fourth-order valence-corrected chi connectivity index (χ4v) is 3.11. The van der Waals surface area contributed by atoms with Crippen LogP contribution in [-0.2, 0) is 6.54 Å². The predicted molar refractivity (Wildman–Crippen MR) is 85.3 cm³/mol. The molecule has 1 saturated heterocycles. The van der Waals surface area contributed by atoms with E-state index in [1.54, 1.807) is 11.3 Å². The van der Waals surface area contributed by atoms with E-state index in [1.807, 2.05) is 13.2 Å². The number of guanidine groups is 1. The first-order valence-electron chi connectivity index (χ1n) is 7.36. The number of aryl methyl sites for hydroxylation is 1. The zero-order chi connectivity index (χ0) is 14.2. The fourth-order valence-electron chi connectivity index (χ4n) is 2.38. The Kier molecular flexibility index (Phi) is 6.26. The van der Waals surface area contributed by atoms with E-state index in [-0.39, 0.29) is 0 Å². The second-order valence-corrected chi connectivity index (χ2v) is 6.44. The Balaban J connectivity index is 1.64. The minimum atomic E-state index is 0.738. The first-order valence-corrected chi connectivity index (χ1v) is 8.18. The fraction of sp³-hybridized carbons (Fsp3) is 0.714. The Bertz CT molecular complexity index is 423. The summed E-state index contributed by atoms with van der Waals surface area (Å²) < 4.78 is 0.